The Bertz CT molecular complexity index is 883. The molecule has 2 aromatic carbocycles. The zero-order valence-corrected chi connectivity index (χ0v) is 14.4. The number of benzene rings is 2. The maximum Gasteiger partial charge on any atom is 0.255 e. The Morgan fingerprint density at radius 2 is 1.80 bits per heavy atom. The number of carbonyl (C=O) groups excluding carboxylic acids is 1. The Balaban J connectivity index is 1.55. The highest BCUT2D eigenvalue weighted by atomic mass is 35.5. The van der Waals surface area contributed by atoms with E-state index in [1.165, 1.54) is 0 Å². The Morgan fingerprint density at radius 1 is 1.08 bits per heavy atom. The lowest BCUT2D eigenvalue weighted by Crippen LogP contribution is -2.50. The fourth-order valence-electron chi connectivity index (χ4n) is 3.24. The van der Waals surface area contributed by atoms with Crippen LogP contribution in [0.5, 0.6) is 0 Å². The third-order valence-corrected chi connectivity index (χ3v) is 5.07. The SMILES string of the molecule is O=C(NC1(c2ccc(Cl)cc2)CCC1)c1cnn(-c2ccccc2)c1. The van der Waals surface area contributed by atoms with Gasteiger partial charge in [0.2, 0.25) is 0 Å². The maximum absolute atomic E-state index is 12.7. The first-order chi connectivity index (χ1) is 12.2. The summed E-state index contributed by atoms with van der Waals surface area (Å²) < 4.78 is 1.71. The number of rotatable bonds is 4. The highest BCUT2D eigenvalue weighted by molar-refractivity contribution is 6.30. The van der Waals surface area contributed by atoms with Gasteiger partial charge in [-0.2, -0.15) is 5.10 Å². The summed E-state index contributed by atoms with van der Waals surface area (Å²) >= 11 is 5.99. The van der Waals surface area contributed by atoms with Crippen LogP contribution < -0.4 is 5.32 Å². The molecule has 1 saturated carbocycles. The van der Waals surface area contributed by atoms with Crippen LogP contribution in [0.25, 0.3) is 5.69 Å². The fourth-order valence-corrected chi connectivity index (χ4v) is 3.36. The summed E-state index contributed by atoms with van der Waals surface area (Å²) in [6.07, 6.45) is 6.35. The summed E-state index contributed by atoms with van der Waals surface area (Å²) in [5.74, 6) is -0.100. The molecular formula is C20H18ClN3O. The molecular weight excluding hydrogens is 334 g/mol. The van der Waals surface area contributed by atoms with Gasteiger partial charge >= 0.3 is 0 Å². The first-order valence-electron chi connectivity index (χ1n) is 8.35. The molecule has 1 aliphatic rings. The predicted octanol–water partition coefficient (Wildman–Crippen LogP) is 4.33. The molecule has 1 amide bonds. The van der Waals surface area contributed by atoms with Gasteiger partial charge in [0, 0.05) is 11.2 Å². The molecule has 0 radical (unpaired) electrons. The minimum Gasteiger partial charge on any atom is -0.342 e. The van der Waals surface area contributed by atoms with E-state index in [0.29, 0.717) is 10.6 Å². The molecule has 0 unspecified atom stereocenters. The van der Waals surface area contributed by atoms with Crippen molar-refractivity contribution >= 4 is 17.5 Å². The van der Waals surface area contributed by atoms with Crippen molar-refractivity contribution in [1.82, 2.24) is 15.1 Å². The van der Waals surface area contributed by atoms with Crippen LogP contribution in [0.3, 0.4) is 0 Å². The molecule has 1 aliphatic carbocycles. The summed E-state index contributed by atoms with van der Waals surface area (Å²) in [5.41, 5.74) is 2.30. The average molecular weight is 352 g/mol. The van der Waals surface area contributed by atoms with E-state index in [2.05, 4.69) is 10.4 Å². The van der Waals surface area contributed by atoms with Gasteiger partial charge in [-0.15, -0.1) is 0 Å². The van der Waals surface area contributed by atoms with Crippen molar-refractivity contribution in [2.75, 3.05) is 0 Å². The molecule has 5 heteroatoms. The van der Waals surface area contributed by atoms with Gasteiger partial charge in [-0.1, -0.05) is 41.9 Å². The first kappa shape index (κ1) is 15.9. The van der Waals surface area contributed by atoms with Gasteiger partial charge in [0.1, 0.15) is 0 Å². The molecule has 3 aromatic rings. The number of halogens is 1. The minimum absolute atomic E-state index is 0.100. The van der Waals surface area contributed by atoms with Gasteiger partial charge in [0.15, 0.2) is 0 Å². The summed E-state index contributed by atoms with van der Waals surface area (Å²) in [7, 11) is 0. The number of amides is 1. The van der Waals surface area contributed by atoms with E-state index < -0.39 is 0 Å². The monoisotopic (exact) mass is 351 g/mol. The Kier molecular flexibility index (Phi) is 4.06. The lowest BCUT2D eigenvalue weighted by molar-refractivity contribution is 0.0823. The molecule has 1 aromatic heterocycles. The van der Waals surface area contributed by atoms with Gasteiger partial charge in [0.05, 0.1) is 23.0 Å². The molecule has 0 saturated heterocycles. The van der Waals surface area contributed by atoms with Crippen LogP contribution in [-0.2, 0) is 5.54 Å². The smallest absolute Gasteiger partial charge is 0.255 e. The van der Waals surface area contributed by atoms with Gasteiger partial charge in [0.25, 0.3) is 5.91 Å². The highest BCUT2D eigenvalue weighted by Crippen LogP contribution is 2.41. The van der Waals surface area contributed by atoms with E-state index in [-0.39, 0.29) is 11.4 Å². The normalized spacial score (nSPS) is 15.4. The van der Waals surface area contributed by atoms with Crippen LogP contribution in [0, 0.1) is 0 Å². The van der Waals surface area contributed by atoms with Gasteiger partial charge in [-0.05, 0) is 49.1 Å². The lowest BCUT2D eigenvalue weighted by Gasteiger charge is -2.43. The number of hydrogen-bond donors (Lipinski definition) is 1. The largest absolute Gasteiger partial charge is 0.342 e. The Morgan fingerprint density at radius 3 is 2.44 bits per heavy atom. The molecule has 0 bridgehead atoms. The third-order valence-electron chi connectivity index (χ3n) is 4.82. The molecule has 4 nitrogen and oxygen atoms in total. The molecule has 0 atom stereocenters. The average Bonchev–Trinajstić information content (AvgIpc) is 3.10. The minimum atomic E-state index is -0.295. The first-order valence-corrected chi connectivity index (χ1v) is 8.73. The topological polar surface area (TPSA) is 46.9 Å². The molecule has 126 valence electrons. The van der Waals surface area contributed by atoms with E-state index in [0.717, 1.165) is 30.5 Å². The summed E-state index contributed by atoms with van der Waals surface area (Å²) in [4.78, 5) is 12.7. The predicted molar refractivity (Wildman–Crippen MR) is 98.0 cm³/mol. The Hall–Kier alpha value is -2.59. The molecule has 0 aliphatic heterocycles. The third kappa shape index (κ3) is 3.05. The number of hydrogen-bond acceptors (Lipinski definition) is 2. The van der Waals surface area contributed by atoms with Crippen LogP contribution >= 0.6 is 11.6 Å². The molecule has 25 heavy (non-hydrogen) atoms. The lowest BCUT2D eigenvalue weighted by atomic mass is 9.71. The number of carbonyl (C=O) groups is 1. The van der Waals surface area contributed by atoms with Crippen LogP contribution in [0.2, 0.25) is 5.02 Å². The molecule has 0 spiro atoms. The van der Waals surface area contributed by atoms with Crippen molar-refractivity contribution < 1.29 is 4.79 Å². The van der Waals surface area contributed by atoms with Crippen LogP contribution in [0.1, 0.15) is 35.2 Å². The molecule has 1 N–H and O–H groups in total. The van der Waals surface area contributed by atoms with Crippen molar-refractivity contribution in [2.45, 2.75) is 24.8 Å². The second-order valence-electron chi connectivity index (χ2n) is 6.41. The van der Waals surface area contributed by atoms with Crippen LogP contribution in [-0.4, -0.2) is 15.7 Å². The van der Waals surface area contributed by atoms with Crippen molar-refractivity contribution in [3.05, 3.63) is 83.1 Å². The van der Waals surface area contributed by atoms with E-state index in [1.54, 1.807) is 17.1 Å². The Labute approximate surface area is 151 Å². The molecule has 4 rings (SSSR count). The molecule has 1 fully saturated rings. The fraction of sp³-hybridized carbons (Fsp3) is 0.200. The van der Waals surface area contributed by atoms with Crippen molar-refractivity contribution in [2.24, 2.45) is 0 Å². The van der Waals surface area contributed by atoms with E-state index >= 15 is 0 Å². The van der Waals surface area contributed by atoms with E-state index in [4.69, 9.17) is 11.6 Å². The van der Waals surface area contributed by atoms with Crippen molar-refractivity contribution in [3.63, 3.8) is 0 Å². The maximum atomic E-state index is 12.7. The molecule has 1 heterocycles. The second-order valence-corrected chi connectivity index (χ2v) is 6.84. The van der Waals surface area contributed by atoms with Gasteiger partial charge in [-0.25, -0.2) is 4.68 Å². The zero-order chi connectivity index (χ0) is 17.3. The number of aromatic nitrogens is 2. The van der Waals surface area contributed by atoms with Crippen molar-refractivity contribution in [1.29, 1.82) is 0 Å². The summed E-state index contributed by atoms with van der Waals surface area (Å²) in [6.45, 7) is 0. The summed E-state index contributed by atoms with van der Waals surface area (Å²) in [5, 5.41) is 8.22. The quantitative estimate of drug-likeness (QED) is 0.760. The number of nitrogens with zero attached hydrogens (tertiary/aromatic N) is 2. The van der Waals surface area contributed by atoms with E-state index in [1.807, 2.05) is 54.6 Å². The van der Waals surface area contributed by atoms with Gasteiger partial charge < -0.3 is 5.32 Å². The van der Waals surface area contributed by atoms with E-state index in [9.17, 15) is 4.79 Å². The van der Waals surface area contributed by atoms with Crippen molar-refractivity contribution in [3.8, 4) is 5.69 Å². The van der Waals surface area contributed by atoms with Crippen LogP contribution in [0.4, 0.5) is 0 Å². The standard InChI is InChI=1S/C20H18ClN3O/c21-17-9-7-16(8-10-17)20(11-4-12-20)23-19(25)15-13-22-24(14-15)18-5-2-1-3-6-18/h1-3,5-10,13-14H,4,11-12H2,(H,23,25). The number of para-hydroxylation sites is 1. The highest BCUT2D eigenvalue weighted by Gasteiger charge is 2.40. The number of nitrogens with one attached hydrogen (secondary N) is 1. The van der Waals surface area contributed by atoms with Crippen LogP contribution in [0.15, 0.2) is 67.0 Å². The summed E-state index contributed by atoms with van der Waals surface area (Å²) in [6, 6.07) is 17.5. The van der Waals surface area contributed by atoms with Gasteiger partial charge in [-0.3, -0.25) is 4.79 Å². The zero-order valence-electron chi connectivity index (χ0n) is 13.7. The second kappa shape index (κ2) is 6.37.